The predicted molar refractivity (Wildman–Crippen MR) is 67.8 cm³/mol. The van der Waals surface area contributed by atoms with E-state index in [0.29, 0.717) is 0 Å². The number of carboxylic acid groups (broad SMARTS) is 1. The Morgan fingerprint density at radius 3 is 2.32 bits per heavy atom. The summed E-state index contributed by atoms with van der Waals surface area (Å²) in [5, 5.41) is 8.37. The van der Waals surface area contributed by atoms with Gasteiger partial charge in [0.25, 0.3) is 0 Å². The van der Waals surface area contributed by atoms with E-state index in [0.717, 1.165) is 12.1 Å². The van der Waals surface area contributed by atoms with E-state index in [9.17, 15) is 18.0 Å². The van der Waals surface area contributed by atoms with Crippen LogP contribution in [0.15, 0.2) is 17.0 Å². The molecule has 0 aliphatic rings. The topological polar surface area (TPSA) is 127 Å². The standard InChI is InChI=1S/C9H8Cl2N2O5S/c10-5-2-6(11)7(1-4(5)9(15)16)19(17,18)13-3-8(12)14/h1-2,13H,3H2,(H2,12,14)(H,15,16). The van der Waals surface area contributed by atoms with Gasteiger partial charge >= 0.3 is 5.97 Å². The Morgan fingerprint density at radius 2 is 1.84 bits per heavy atom. The van der Waals surface area contributed by atoms with Crippen molar-refractivity contribution < 1.29 is 23.1 Å². The van der Waals surface area contributed by atoms with Crippen LogP contribution in [0.4, 0.5) is 0 Å². The minimum atomic E-state index is -4.16. The van der Waals surface area contributed by atoms with Crippen LogP contribution in [0.25, 0.3) is 0 Å². The lowest BCUT2D eigenvalue weighted by Gasteiger charge is -2.09. The molecule has 1 aromatic rings. The lowest BCUT2D eigenvalue weighted by molar-refractivity contribution is -0.116. The zero-order valence-electron chi connectivity index (χ0n) is 9.18. The van der Waals surface area contributed by atoms with Gasteiger partial charge in [-0.05, 0) is 12.1 Å². The first-order valence-electron chi connectivity index (χ1n) is 4.65. The monoisotopic (exact) mass is 326 g/mol. The molecule has 0 saturated heterocycles. The number of aromatic carboxylic acids is 1. The first-order valence-corrected chi connectivity index (χ1v) is 6.89. The molecule has 1 aromatic carbocycles. The molecular weight excluding hydrogens is 319 g/mol. The number of carbonyl (C=O) groups excluding carboxylic acids is 1. The molecule has 1 rings (SSSR count). The second-order valence-corrected chi connectivity index (χ2v) is 5.91. The summed E-state index contributed by atoms with van der Waals surface area (Å²) < 4.78 is 25.5. The van der Waals surface area contributed by atoms with Crippen molar-refractivity contribution in [2.75, 3.05) is 6.54 Å². The van der Waals surface area contributed by atoms with Gasteiger partial charge in [-0.2, -0.15) is 0 Å². The Morgan fingerprint density at radius 1 is 1.26 bits per heavy atom. The zero-order chi connectivity index (χ0) is 14.8. The maximum absolute atomic E-state index is 11.8. The van der Waals surface area contributed by atoms with Crippen molar-refractivity contribution in [3.05, 3.63) is 27.7 Å². The molecule has 0 saturated carbocycles. The molecular formula is C9H8Cl2N2O5S. The Balaban J connectivity index is 3.30. The fourth-order valence-electron chi connectivity index (χ4n) is 1.14. The number of benzene rings is 1. The van der Waals surface area contributed by atoms with Gasteiger partial charge in [0, 0.05) is 0 Å². The molecule has 0 heterocycles. The highest BCUT2D eigenvalue weighted by molar-refractivity contribution is 7.89. The number of nitrogens with one attached hydrogen (secondary N) is 1. The highest BCUT2D eigenvalue weighted by Crippen LogP contribution is 2.28. The molecule has 0 spiro atoms. The second kappa shape index (κ2) is 5.74. The summed E-state index contributed by atoms with van der Waals surface area (Å²) in [4.78, 5) is 20.9. The van der Waals surface area contributed by atoms with Crippen LogP contribution >= 0.6 is 23.2 Å². The Hall–Kier alpha value is -1.35. The zero-order valence-corrected chi connectivity index (χ0v) is 11.5. The van der Waals surface area contributed by atoms with Crippen molar-refractivity contribution in [2.45, 2.75) is 4.90 Å². The summed E-state index contributed by atoms with van der Waals surface area (Å²) in [7, 11) is -4.16. The van der Waals surface area contributed by atoms with Crippen LogP contribution in [0.2, 0.25) is 10.0 Å². The highest BCUT2D eigenvalue weighted by Gasteiger charge is 2.22. The highest BCUT2D eigenvalue weighted by atomic mass is 35.5. The van der Waals surface area contributed by atoms with Crippen molar-refractivity contribution in [3.63, 3.8) is 0 Å². The largest absolute Gasteiger partial charge is 0.478 e. The molecule has 0 radical (unpaired) electrons. The van der Waals surface area contributed by atoms with Gasteiger partial charge in [-0.15, -0.1) is 0 Å². The van der Waals surface area contributed by atoms with Gasteiger partial charge in [-0.1, -0.05) is 23.2 Å². The van der Waals surface area contributed by atoms with Gasteiger partial charge < -0.3 is 10.8 Å². The quantitative estimate of drug-likeness (QED) is 0.724. The molecule has 10 heteroatoms. The SMILES string of the molecule is NC(=O)CNS(=O)(=O)c1cc(C(=O)O)c(Cl)cc1Cl. The predicted octanol–water partition coefficient (Wildman–Crippen LogP) is 0.455. The van der Waals surface area contributed by atoms with E-state index in [1.807, 2.05) is 4.72 Å². The van der Waals surface area contributed by atoms with Gasteiger partial charge in [-0.3, -0.25) is 4.79 Å². The average molecular weight is 327 g/mol. The number of primary amides is 1. The number of carbonyl (C=O) groups is 2. The fraction of sp³-hybridized carbons (Fsp3) is 0.111. The summed E-state index contributed by atoms with van der Waals surface area (Å²) in [6.45, 7) is -0.635. The van der Waals surface area contributed by atoms with E-state index in [-0.39, 0.29) is 10.0 Å². The van der Waals surface area contributed by atoms with Crippen molar-refractivity contribution in [1.29, 1.82) is 0 Å². The third-order valence-electron chi connectivity index (χ3n) is 1.98. The van der Waals surface area contributed by atoms with E-state index in [1.54, 1.807) is 0 Å². The number of halogens is 2. The Kier molecular flexibility index (Phi) is 4.75. The number of nitrogens with two attached hydrogens (primary N) is 1. The average Bonchev–Trinajstić information content (AvgIpc) is 2.25. The van der Waals surface area contributed by atoms with Crippen molar-refractivity contribution >= 4 is 45.1 Å². The summed E-state index contributed by atoms with van der Waals surface area (Å²) in [6.07, 6.45) is 0. The molecule has 0 aromatic heterocycles. The summed E-state index contributed by atoms with van der Waals surface area (Å²) in [5.74, 6) is -2.31. The normalized spacial score (nSPS) is 11.3. The van der Waals surface area contributed by atoms with E-state index >= 15 is 0 Å². The Bertz CT molecular complexity index is 644. The number of hydrogen-bond acceptors (Lipinski definition) is 4. The Labute approximate surface area is 118 Å². The van der Waals surface area contributed by atoms with Crippen LogP contribution in [-0.2, 0) is 14.8 Å². The van der Waals surface area contributed by atoms with E-state index < -0.39 is 38.9 Å². The minimum absolute atomic E-state index is 0.202. The molecule has 0 atom stereocenters. The molecule has 4 N–H and O–H groups in total. The smallest absolute Gasteiger partial charge is 0.337 e. The second-order valence-electron chi connectivity index (χ2n) is 3.36. The molecule has 1 amide bonds. The molecule has 7 nitrogen and oxygen atoms in total. The molecule has 19 heavy (non-hydrogen) atoms. The third-order valence-corrected chi connectivity index (χ3v) is 4.16. The number of rotatable bonds is 5. The van der Waals surface area contributed by atoms with Crippen molar-refractivity contribution in [1.82, 2.24) is 4.72 Å². The van der Waals surface area contributed by atoms with Crippen molar-refractivity contribution in [2.24, 2.45) is 5.73 Å². The van der Waals surface area contributed by atoms with Gasteiger partial charge in [-0.25, -0.2) is 17.9 Å². The van der Waals surface area contributed by atoms with Crippen LogP contribution in [0, 0.1) is 0 Å². The first-order chi connectivity index (χ1) is 8.65. The van der Waals surface area contributed by atoms with Crippen LogP contribution in [0.3, 0.4) is 0 Å². The van der Waals surface area contributed by atoms with Crippen LogP contribution in [0.5, 0.6) is 0 Å². The van der Waals surface area contributed by atoms with Crippen LogP contribution in [0.1, 0.15) is 10.4 Å². The molecule has 0 fully saturated rings. The maximum atomic E-state index is 11.8. The molecule has 0 aliphatic carbocycles. The van der Waals surface area contributed by atoms with Gasteiger partial charge in [0.1, 0.15) is 4.90 Å². The summed E-state index contributed by atoms with van der Waals surface area (Å²) in [5.41, 5.74) is 4.38. The first kappa shape index (κ1) is 15.7. The van der Waals surface area contributed by atoms with Gasteiger partial charge in [0.15, 0.2) is 0 Å². The number of carboxylic acids is 1. The number of amides is 1. The lowest BCUT2D eigenvalue weighted by Crippen LogP contribution is -2.33. The summed E-state index contributed by atoms with van der Waals surface area (Å²) >= 11 is 11.3. The number of hydrogen-bond donors (Lipinski definition) is 3. The van der Waals surface area contributed by atoms with Crippen LogP contribution in [-0.4, -0.2) is 31.9 Å². The van der Waals surface area contributed by atoms with Gasteiger partial charge in [0.05, 0.1) is 22.2 Å². The molecule has 0 bridgehead atoms. The van der Waals surface area contributed by atoms with E-state index in [2.05, 4.69) is 0 Å². The number of sulfonamides is 1. The minimum Gasteiger partial charge on any atom is -0.478 e. The summed E-state index contributed by atoms with van der Waals surface area (Å²) in [6, 6.07) is 1.79. The van der Waals surface area contributed by atoms with E-state index in [1.165, 1.54) is 0 Å². The van der Waals surface area contributed by atoms with E-state index in [4.69, 9.17) is 34.0 Å². The fourth-order valence-corrected chi connectivity index (χ4v) is 2.99. The molecule has 0 unspecified atom stereocenters. The molecule has 104 valence electrons. The van der Waals surface area contributed by atoms with Gasteiger partial charge in [0.2, 0.25) is 15.9 Å². The maximum Gasteiger partial charge on any atom is 0.337 e. The molecule has 0 aliphatic heterocycles. The van der Waals surface area contributed by atoms with Crippen LogP contribution < -0.4 is 10.5 Å². The lowest BCUT2D eigenvalue weighted by atomic mass is 10.2. The third kappa shape index (κ3) is 3.80. The van der Waals surface area contributed by atoms with Crippen molar-refractivity contribution in [3.8, 4) is 0 Å².